The number of carbonyl (C=O) groups excluding carboxylic acids is 1. The van der Waals surface area contributed by atoms with E-state index in [4.69, 9.17) is 9.47 Å². The zero-order chi connectivity index (χ0) is 41.6. The molecule has 57 heavy (non-hydrogen) atoms. The Hall–Kier alpha value is -2.11. The Morgan fingerprint density at radius 2 is 1.09 bits per heavy atom. The number of aliphatic hydroxyl groups excluding tert-OH is 5. The summed E-state index contributed by atoms with van der Waals surface area (Å²) in [7, 11) is 0. The van der Waals surface area contributed by atoms with Crippen molar-refractivity contribution in [3.63, 3.8) is 0 Å². The molecule has 9 heteroatoms. The van der Waals surface area contributed by atoms with Crippen molar-refractivity contribution >= 4 is 5.91 Å². The Balaban J connectivity index is 2.17. The molecule has 7 atom stereocenters. The second kappa shape index (κ2) is 38.1. The van der Waals surface area contributed by atoms with Crippen molar-refractivity contribution in [1.82, 2.24) is 5.32 Å². The fraction of sp³-hybridized carbons (Fsp3) is 0.771. The second-order valence-electron chi connectivity index (χ2n) is 15.8. The van der Waals surface area contributed by atoms with Gasteiger partial charge in [-0.05, 0) is 64.2 Å². The van der Waals surface area contributed by atoms with Crippen molar-refractivity contribution in [3.8, 4) is 0 Å². The highest BCUT2D eigenvalue weighted by Crippen LogP contribution is 2.22. The van der Waals surface area contributed by atoms with Crippen LogP contribution in [0.1, 0.15) is 181 Å². The molecule has 0 saturated carbocycles. The third-order valence-corrected chi connectivity index (χ3v) is 10.5. The third-order valence-electron chi connectivity index (χ3n) is 10.5. The maximum atomic E-state index is 12.9. The highest BCUT2D eigenvalue weighted by atomic mass is 16.7. The molecule has 1 aliphatic heterocycles. The topological polar surface area (TPSA) is 149 Å². The van der Waals surface area contributed by atoms with Gasteiger partial charge in [0.2, 0.25) is 5.91 Å². The third kappa shape index (κ3) is 28.9. The van der Waals surface area contributed by atoms with Gasteiger partial charge in [-0.15, -0.1) is 0 Å². The molecule has 330 valence electrons. The molecule has 0 spiro atoms. The molecule has 1 rings (SSSR count). The van der Waals surface area contributed by atoms with Crippen LogP contribution in [0.4, 0.5) is 0 Å². The Morgan fingerprint density at radius 3 is 1.65 bits per heavy atom. The van der Waals surface area contributed by atoms with Crippen LogP contribution in [0.5, 0.6) is 0 Å². The minimum absolute atomic E-state index is 0.196. The molecule has 1 amide bonds. The lowest BCUT2D eigenvalue weighted by molar-refractivity contribution is -0.302. The fourth-order valence-corrected chi connectivity index (χ4v) is 6.83. The normalized spacial score (nSPS) is 21.6. The summed E-state index contributed by atoms with van der Waals surface area (Å²) in [4.78, 5) is 12.9. The zero-order valence-electron chi connectivity index (χ0n) is 36.1. The van der Waals surface area contributed by atoms with Crippen LogP contribution < -0.4 is 5.32 Å². The van der Waals surface area contributed by atoms with E-state index in [-0.39, 0.29) is 12.5 Å². The van der Waals surface area contributed by atoms with E-state index in [0.29, 0.717) is 6.42 Å². The van der Waals surface area contributed by atoms with E-state index in [1.54, 1.807) is 6.08 Å². The Morgan fingerprint density at radius 1 is 0.596 bits per heavy atom. The van der Waals surface area contributed by atoms with Gasteiger partial charge < -0.3 is 40.3 Å². The fourth-order valence-electron chi connectivity index (χ4n) is 6.83. The Labute approximate surface area is 347 Å². The van der Waals surface area contributed by atoms with Crippen molar-refractivity contribution in [2.75, 3.05) is 13.2 Å². The first-order chi connectivity index (χ1) is 27.8. The summed E-state index contributed by atoms with van der Waals surface area (Å²) >= 11 is 0. The lowest BCUT2D eigenvalue weighted by atomic mass is 9.99. The van der Waals surface area contributed by atoms with Crippen LogP contribution in [0.2, 0.25) is 0 Å². The average Bonchev–Trinajstić information content (AvgIpc) is 3.21. The maximum Gasteiger partial charge on any atom is 0.220 e. The molecule has 0 radical (unpaired) electrons. The van der Waals surface area contributed by atoms with E-state index < -0.39 is 49.5 Å². The number of hydrogen-bond acceptors (Lipinski definition) is 8. The minimum atomic E-state index is -1.57. The van der Waals surface area contributed by atoms with Gasteiger partial charge in [0.1, 0.15) is 24.4 Å². The highest BCUT2D eigenvalue weighted by Gasteiger charge is 2.44. The molecular formula is C48H85NO8. The smallest absolute Gasteiger partial charge is 0.220 e. The van der Waals surface area contributed by atoms with Crippen LogP contribution in [-0.4, -0.2) is 87.5 Å². The van der Waals surface area contributed by atoms with Crippen molar-refractivity contribution in [2.24, 2.45) is 0 Å². The number of nitrogens with one attached hydrogen (secondary N) is 1. The molecule has 0 bridgehead atoms. The van der Waals surface area contributed by atoms with Gasteiger partial charge in [-0.25, -0.2) is 0 Å². The van der Waals surface area contributed by atoms with E-state index in [1.807, 2.05) is 6.08 Å². The number of allylic oxidation sites excluding steroid dienone is 9. The summed E-state index contributed by atoms with van der Waals surface area (Å²) < 4.78 is 11.1. The Kier molecular flexibility index (Phi) is 35.4. The maximum absolute atomic E-state index is 12.9. The van der Waals surface area contributed by atoms with Crippen molar-refractivity contribution < 1.29 is 39.8 Å². The minimum Gasteiger partial charge on any atom is -0.394 e. The van der Waals surface area contributed by atoms with Gasteiger partial charge in [0.15, 0.2) is 6.29 Å². The molecule has 1 heterocycles. The van der Waals surface area contributed by atoms with E-state index in [0.717, 1.165) is 57.8 Å². The molecule has 0 aliphatic carbocycles. The van der Waals surface area contributed by atoms with E-state index in [9.17, 15) is 30.3 Å². The van der Waals surface area contributed by atoms with E-state index in [1.165, 1.54) is 103 Å². The number of rotatable bonds is 37. The van der Waals surface area contributed by atoms with Gasteiger partial charge in [-0.1, -0.05) is 171 Å². The van der Waals surface area contributed by atoms with Crippen LogP contribution in [0, 0.1) is 0 Å². The molecule has 0 aromatic rings. The molecule has 7 unspecified atom stereocenters. The molecule has 1 fully saturated rings. The van der Waals surface area contributed by atoms with Crippen LogP contribution in [0.3, 0.4) is 0 Å². The summed E-state index contributed by atoms with van der Waals surface area (Å²) in [6, 6.07) is -0.821. The molecule has 9 nitrogen and oxygen atoms in total. The van der Waals surface area contributed by atoms with Gasteiger partial charge in [-0.3, -0.25) is 4.79 Å². The summed E-state index contributed by atoms with van der Waals surface area (Å²) in [5, 5.41) is 53.8. The molecule has 0 aromatic heterocycles. The number of hydrogen-bond donors (Lipinski definition) is 6. The quantitative estimate of drug-likeness (QED) is 0.0269. The molecule has 6 N–H and O–H groups in total. The van der Waals surface area contributed by atoms with Gasteiger partial charge >= 0.3 is 0 Å². The monoisotopic (exact) mass is 804 g/mol. The lowest BCUT2D eigenvalue weighted by Gasteiger charge is -2.40. The lowest BCUT2D eigenvalue weighted by Crippen LogP contribution is -2.60. The number of unbranched alkanes of at least 4 members (excludes halogenated alkanes) is 19. The molecule has 0 aromatic carbocycles. The number of carbonyl (C=O) groups is 1. The van der Waals surface area contributed by atoms with Crippen LogP contribution in [0.25, 0.3) is 0 Å². The van der Waals surface area contributed by atoms with E-state index >= 15 is 0 Å². The summed E-state index contributed by atoms with van der Waals surface area (Å²) in [5.41, 5.74) is 0. The van der Waals surface area contributed by atoms with Crippen molar-refractivity contribution in [1.29, 1.82) is 0 Å². The predicted octanol–water partition coefficient (Wildman–Crippen LogP) is 9.61. The number of aliphatic hydroxyl groups is 5. The summed E-state index contributed by atoms with van der Waals surface area (Å²) in [5.74, 6) is -0.196. The van der Waals surface area contributed by atoms with Crippen LogP contribution in [-0.2, 0) is 14.3 Å². The standard InChI is InChI=1S/C48H85NO8/c1-3-5-7-9-11-12-13-14-15-16-17-18-19-20-21-22-23-24-25-26-27-28-29-30-32-34-36-38-44(52)49-41(42(51)37-35-33-31-10-8-6-4-2)40-56-48-47(55)46(54)45(53)43(39-50)57-48/h8,10,13-14,16-17,19-20,35,37,41-43,45-48,50-51,53-55H,3-7,9,11-12,15,18,21-34,36,38-40H2,1-2H3,(H,49,52)/b10-8+,14-13-,17-16-,20-19-,37-35+. The average molecular weight is 804 g/mol. The molecular weight excluding hydrogens is 719 g/mol. The van der Waals surface area contributed by atoms with Crippen molar-refractivity contribution in [3.05, 3.63) is 60.8 Å². The van der Waals surface area contributed by atoms with Gasteiger partial charge in [-0.2, -0.15) is 0 Å². The van der Waals surface area contributed by atoms with Gasteiger partial charge in [0.25, 0.3) is 0 Å². The summed E-state index contributed by atoms with van der Waals surface area (Å²) in [6.07, 6.45) is 43.1. The predicted molar refractivity (Wildman–Crippen MR) is 235 cm³/mol. The van der Waals surface area contributed by atoms with Gasteiger partial charge in [0, 0.05) is 6.42 Å². The second-order valence-corrected chi connectivity index (χ2v) is 15.8. The summed E-state index contributed by atoms with van der Waals surface area (Å²) in [6.45, 7) is 3.62. The first kappa shape index (κ1) is 52.9. The largest absolute Gasteiger partial charge is 0.394 e. The van der Waals surface area contributed by atoms with Crippen LogP contribution >= 0.6 is 0 Å². The highest BCUT2D eigenvalue weighted by molar-refractivity contribution is 5.76. The van der Waals surface area contributed by atoms with Crippen molar-refractivity contribution in [2.45, 2.75) is 224 Å². The SMILES string of the molecule is CCC/C=C/CC/C=C/C(O)C(COC1OC(CO)C(O)C(O)C1O)NC(=O)CCCCCCCCCCCCCC/C=C\C/C=C\C/C=C\CCCCCCC. The molecule has 1 saturated heterocycles. The first-order valence-electron chi connectivity index (χ1n) is 23.0. The number of ether oxygens (including phenoxy) is 2. The van der Waals surface area contributed by atoms with Gasteiger partial charge in [0.05, 0.1) is 25.4 Å². The first-order valence-corrected chi connectivity index (χ1v) is 23.0. The van der Waals surface area contributed by atoms with Crippen LogP contribution in [0.15, 0.2) is 60.8 Å². The molecule has 1 aliphatic rings. The Bertz CT molecular complexity index is 1070. The number of amides is 1. The zero-order valence-corrected chi connectivity index (χ0v) is 36.1. The van der Waals surface area contributed by atoms with E-state index in [2.05, 4.69) is 67.8 Å².